The lowest BCUT2D eigenvalue weighted by Gasteiger charge is -2.16. The van der Waals surface area contributed by atoms with Crippen LogP contribution in [-0.4, -0.2) is 18.4 Å². The average molecular weight is 442 g/mol. The van der Waals surface area contributed by atoms with Gasteiger partial charge in [0.15, 0.2) is 5.03 Å². The number of halogens is 4. The SMILES string of the molecule is NS(=O)(=O)c1ccc(-c2ncc(CF)c(CF)c2CF)c(-c2ccccc2Cl)n1. The predicted octanol–water partition coefficient (Wildman–Crippen LogP) is 4.52. The molecule has 5 nitrogen and oxygen atoms in total. The third kappa shape index (κ3) is 4.12. The summed E-state index contributed by atoms with van der Waals surface area (Å²) < 4.78 is 64.1. The van der Waals surface area contributed by atoms with Gasteiger partial charge in [0.2, 0.25) is 0 Å². The Hall–Kier alpha value is -2.49. The normalized spacial score (nSPS) is 11.6. The molecule has 0 fully saturated rings. The number of primary sulfonamides is 1. The van der Waals surface area contributed by atoms with Crippen molar-refractivity contribution in [3.05, 3.63) is 64.3 Å². The number of pyridine rings is 2. The second-order valence-corrected chi connectivity index (χ2v) is 7.98. The van der Waals surface area contributed by atoms with E-state index in [-0.39, 0.29) is 38.7 Å². The third-order valence-electron chi connectivity index (χ3n) is 4.34. The van der Waals surface area contributed by atoms with E-state index in [4.69, 9.17) is 16.7 Å². The summed E-state index contributed by atoms with van der Waals surface area (Å²) in [5.41, 5.74) is 0.304. The van der Waals surface area contributed by atoms with Crippen LogP contribution in [-0.2, 0) is 30.0 Å². The lowest BCUT2D eigenvalue weighted by Crippen LogP contribution is -2.14. The van der Waals surface area contributed by atoms with Gasteiger partial charge >= 0.3 is 0 Å². The molecule has 3 aromatic rings. The summed E-state index contributed by atoms with van der Waals surface area (Å²) in [5.74, 6) is 0. The summed E-state index contributed by atoms with van der Waals surface area (Å²) in [6, 6.07) is 8.93. The molecular formula is C19H15ClF3N3O2S. The maximum Gasteiger partial charge on any atom is 0.255 e. The summed E-state index contributed by atoms with van der Waals surface area (Å²) in [7, 11) is -4.14. The van der Waals surface area contributed by atoms with Gasteiger partial charge < -0.3 is 0 Å². The van der Waals surface area contributed by atoms with Crippen LogP contribution in [0.4, 0.5) is 13.2 Å². The molecule has 0 bridgehead atoms. The molecule has 3 rings (SSSR count). The number of aromatic nitrogens is 2. The molecule has 0 radical (unpaired) electrons. The van der Waals surface area contributed by atoms with Crippen molar-refractivity contribution in [2.24, 2.45) is 5.14 Å². The van der Waals surface area contributed by atoms with Gasteiger partial charge in [-0.05, 0) is 23.8 Å². The number of alkyl halides is 3. The molecule has 0 amide bonds. The van der Waals surface area contributed by atoms with Crippen molar-refractivity contribution in [2.45, 2.75) is 25.0 Å². The van der Waals surface area contributed by atoms with Crippen LogP contribution in [0.25, 0.3) is 22.5 Å². The van der Waals surface area contributed by atoms with E-state index in [1.54, 1.807) is 24.3 Å². The topological polar surface area (TPSA) is 85.9 Å². The number of sulfonamides is 1. The van der Waals surface area contributed by atoms with Gasteiger partial charge in [0, 0.05) is 33.5 Å². The molecule has 152 valence electrons. The zero-order valence-corrected chi connectivity index (χ0v) is 16.4. The monoisotopic (exact) mass is 441 g/mol. The van der Waals surface area contributed by atoms with Crippen molar-refractivity contribution in [3.8, 4) is 22.5 Å². The Kier molecular flexibility index (Phi) is 6.21. The van der Waals surface area contributed by atoms with E-state index in [1.807, 2.05) is 0 Å². The number of benzene rings is 1. The summed E-state index contributed by atoms with van der Waals surface area (Å²) in [6.07, 6.45) is 1.12. The lowest BCUT2D eigenvalue weighted by molar-refractivity contribution is 0.435. The van der Waals surface area contributed by atoms with Gasteiger partial charge in [-0.15, -0.1) is 0 Å². The second kappa shape index (κ2) is 8.48. The highest BCUT2D eigenvalue weighted by Crippen LogP contribution is 2.37. The molecule has 0 saturated heterocycles. The van der Waals surface area contributed by atoms with Gasteiger partial charge in [0.05, 0.1) is 11.4 Å². The van der Waals surface area contributed by atoms with Crippen LogP contribution < -0.4 is 5.14 Å². The van der Waals surface area contributed by atoms with Crippen molar-refractivity contribution >= 4 is 21.6 Å². The van der Waals surface area contributed by atoms with E-state index in [2.05, 4.69) is 9.97 Å². The molecule has 2 heterocycles. The molecule has 0 saturated carbocycles. The smallest absolute Gasteiger partial charge is 0.255 e. The quantitative estimate of drug-likeness (QED) is 0.609. The molecule has 0 aliphatic heterocycles. The first-order chi connectivity index (χ1) is 13.8. The maximum absolute atomic E-state index is 13.8. The van der Waals surface area contributed by atoms with E-state index < -0.39 is 35.1 Å². The second-order valence-electron chi connectivity index (χ2n) is 6.06. The third-order valence-corrected chi connectivity index (χ3v) is 5.48. The van der Waals surface area contributed by atoms with Crippen LogP contribution in [0.1, 0.15) is 16.7 Å². The Morgan fingerprint density at radius 1 is 0.897 bits per heavy atom. The highest BCUT2D eigenvalue weighted by atomic mass is 35.5. The summed E-state index contributed by atoms with van der Waals surface area (Å²) in [4.78, 5) is 8.19. The zero-order chi connectivity index (χ0) is 21.2. The number of hydrogen-bond acceptors (Lipinski definition) is 4. The minimum Gasteiger partial charge on any atom is -0.255 e. The van der Waals surface area contributed by atoms with E-state index >= 15 is 0 Å². The fourth-order valence-corrected chi connectivity index (χ4v) is 3.64. The van der Waals surface area contributed by atoms with E-state index in [0.29, 0.717) is 5.56 Å². The number of nitrogens with zero attached hydrogens (tertiary/aromatic N) is 2. The molecule has 10 heteroatoms. The number of nitrogens with two attached hydrogens (primary N) is 1. The number of rotatable bonds is 6. The molecule has 0 unspecified atom stereocenters. The highest BCUT2D eigenvalue weighted by molar-refractivity contribution is 7.89. The van der Waals surface area contributed by atoms with Gasteiger partial charge in [-0.25, -0.2) is 31.7 Å². The summed E-state index contributed by atoms with van der Waals surface area (Å²) in [6.45, 7) is -3.19. The first kappa shape index (κ1) is 21.2. The van der Waals surface area contributed by atoms with Crippen LogP contribution >= 0.6 is 11.6 Å². The van der Waals surface area contributed by atoms with Crippen molar-refractivity contribution in [2.75, 3.05) is 0 Å². The predicted molar refractivity (Wildman–Crippen MR) is 104 cm³/mol. The van der Waals surface area contributed by atoms with Crippen LogP contribution in [0.5, 0.6) is 0 Å². The zero-order valence-electron chi connectivity index (χ0n) is 14.9. The van der Waals surface area contributed by atoms with Gasteiger partial charge in [-0.1, -0.05) is 29.8 Å². The molecule has 0 spiro atoms. The first-order valence-electron chi connectivity index (χ1n) is 8.28. The minimum absolute atomic E-state index is 0.0146. The molecular weight excluding hydrogens is 427 g/mol. The minimum atomic E-state index is -4.14. The van der Waals surface area contributed by atoms with Crippen molar-refractivity contribution in [1.82, 2.24) is 9.97 Å². The van der Waals surface area contributed by atoms with Crippen LogP contribution in [0.2, 0.25) is 5.02 Å². The molecule has 0 atom stereocenters. The Bertz CT molecular complexity index is 1170. The van der Waals surface area contributed by atoms with Crippen molar-refractivity contribution < 1.29 is 21.6 Å². The van der Waals surface area contributed by atoms with Gasteiger partial charge in [-0.3, -0.25) is 4.98 Å². The largest absolute Gasteiger partial charge is 0.255 e. The lowest BCUT2D eigenvalue weighted by atomic mass is 9.96. The van der Waals surface area contributed by atoms with Crippen LogP contribution in [0.3, 0.4) is 0 Å². The molecule has 2 N–H and O–H groups in total. The van der Waals surface area contributed by atoms with E-state index in [0.717, 1.165) is 12.3 Å². The van der Waals surface area contributed by atoms with Crippen molar-refractivity contribution in [1.29, 1.82) is 0 Å². The molecule has 0 aliphatic rings. The summed E-state index contributed by atoms with van der Waals surface area (Å²) >= 11 is 6.24. The fraction of sp³-hybridized carbons (Fsp3) is 0.158. The van der Waals surface area contributed by atoms with E-state index in [9.17, 15) is 21.6 Å². The Labute approximate surface area is 170 Å². The molecule has 29 heavy (non-hydrogen) atoms. The maximum atomic E-state index is 13.8. The molecule has 1 aromatic carbocycles. The molecule has 2 aromatic heterocycles. The highest BCUT2D eigenvalue weighted by Gasteiger charge is 2.22. The molecule has 0 aliphatic carbocycles. The Balaban J connectivity index is 2.38. The first-order valence-corrected chi connectivity index (χ1v) is 10.2. The van der Waals surface area contributed by atoms with Crippen LogP contribution in [0.15, 0.2) is 47.6 Å². The Morgan fingerprint density at radius 2 is 1.59 bits per heavy atom. The fourth-order valence-electron chi connectivity index (χ4n) is 2.94. The Morgan fingerprint density at radius 3 is 2.17 bits per heavy atom. The van der Waals surface area contributed by atoms with E-state index in [1.165, 1.54) is 6.07 Å². The average Bonchev–Trinajstić information content (AvgIpc) is 2.71. The van der Waals surface area contributed by atoms with Gasteiger partial charge in [-0.2, -0.15) is 0 Å². The van der Waals surface area contributed by atoms with Gasteiger partial charge in [0.1, 0.15) is 20.0 Å². The van der Waals surface area contributed by atoms with Crippen molar-refractivity contribution in [3.63, 3.8) is 0 Å². The number of hydrogen-bond donors (Lipinski definition) is 1. The van der Waals surface area contributed by atoms with Crippen LogP contribution in [0, 0.1) is 0 Å². The standard InChI is InChI=1S/C19H15ClF3N3O2S/c20-16-4-2-1-3-12(16)19-13(5-6-17(26-19)29(24,27)28)18-15(9-23)14(8-22)11(7-21)10-25-18/h1-6,10H,7-9H2,(H2,24,27,28). The summed E-state index contributed by atoms with van der Waals surface area (Å²) in [5, 5.41) is 5.00. The van der Waals surface area contributed by atoms with Gasteiger partial charge in [0.25, 0.3) is 10.0 Å².